The highest BCUT2D eigenvalue weighted by atomic mass is 32.1. The fraction of sp³-hybridized carbons (Fsp3) is 0.786. The molecule has 1 aromatic rings. The van der Waals surface area contributed by atoms with Crippen LogP contribution in [-0.2, 0) is 16.7 Å². The maximum Gasteiger partial charge on any atom is 0.107 e. The fourth-order valence-electron chi connectivity index (χ4n) is 1.80. The molecule has 1 heterocycles. The van der Waals surface area contributed by atoms with Crippen LogP contribution in [0.25, 0.3) is 0 Å². The van der Waals surface area contributed by atoms with E-state index in [2.05, 4.69) is 43.4 Å². The number of thiazole rings is 1. The normalized spacial score (nSPS) is 15.5. The number of hydrogen-bond acceptors (Lipinski definition) is 5. The summed E-state index contributed by atoms with van der Waals surface area (Å²) >= 11 is 1.68. The third-order valence-corrected chi connectivity index (χ3v) is 3.96. The molecule has 0 spiro atoms. The van der Waals surface area contributed by atoms with E-state index in [4.69, 9.17) is 9.84 Å². The van der Waals surface area contributed by atoms with Crippen LogP contribution in [0.4, 0.5) is 0 Å². The molecule has 0 aliphatic heterocycles. The monoisotopic (exact) mass is 286 g/mol. The quantitative estimate of drug-likeness (QED) is 0.807. The second kappa shape index (κ2) is 6.79. The first kappa shape index (κ1) is 16.6. The summed E-state index contributed by atoms with van der Waals surface area (Å²) in [4.78, 5) is 4.66. The third-order valence-electron chi connectivity index (χ3n) is 3.11. The van der Waals surface area contributed by atoms with E-state index in [1.165, 1.54) is 0 Å². The second-order valence-corrected chi connectivity index (χ2v) is 7.14. The van der Waals surface area contributed by atoms with Gasteiger partial charge in [0.15, 0.2) is 0 Å². The first-order valence-corrected chi connectivity index (χ1v) is 7.48. The van der Waals surface area contributed by atoms with Crippen molar-refractivity contribution >= 4 is 11.3 Å². The largest absolute Gasteiger partial charge is 0.396 e. The van der Waals surface area contributed by atoms with Gasteiger partial charge in [0.2, 0.25) is 0 Å². The zero-order chi connectivity index (χ0) is 14.5. The molecule has 0 saturated heterocycles. The van der Waals surface area contributed by atoms with E-state index >= 15 is 0 Å². The summed E-state index contributed by atoms with van der Waals surface area (Å²) < 4.78 is 5.22. The molecule has 2 N–H and O–H groups in total. The van der Waals surface area contributed by atoms with Crippen LogP contribution in [0.15, 0.2) is 5.38 Å². The highest BCUT2D eigenvalue weighted by Gasteiger charge is 2.24. The lowest BCUT2D eigenvalue weighted by molar-refractivity contribution is 0.0969. The third kappa shape index (κ3) is 5.18. The molecule has 1 atom stereocenters. The van der Waals surface area contributed by atoms with Gasteiger partial charge < -0.3 is 15.2 Å². The molecule has 5 heteroatoms. The van der Waals surface area contributed by atoms with E-state index in [0.29, 0.717) is 19.6 Å². The van der Waals surface area contributed by atoms with Gasteiger partial charge in [0.25, 0.3) is 0 Å². The Labute approximate surface area is 120 Å². The van der Waals surface area contributed by atoms with Gasteiger partial charge in [0.1, 0.15) is 5.01 Å². The summed E-state index contributed by atoms with van der Waals surface area (Å²) in [6.07, 6.45) is 0.665. The van der Waals surface area contributed by atoms with Crippen molar-refractivity contribution in [2.75, 3.05) is 20.3 Å². The van der Waals surface area contributed by atoms with Crippen LogP contribution in [0, 0.1) is 0 Å². The van der Waals surface area contributed by atoms with E-state index < -0.39 is 0 Å². The molecule has 0 radical (unpaired) electrons. The summed E-state index contributed by atoms with van der Waals surface area (Å²) in [7, 11) is 1.68. The Morgan fingerprint density at radius 3 is 2.53 bits per heavy atom. The van der Waals surface area contributed by atoms with Crippen LogP contribution in [0.3, 0.4) is 0 Å². The van der Waals surface area contributed by atoms with Gasteiger partial charge in [0.05, 0.1) is 12.3 Å². The molecule has 19 heavy (non-hydrogen) atoms. The summed E-state index contributed by atoms with van der Waals surface area (Å²) in [5.74, 6) is 0. The molecular formula is C14H26N2O2S. The Morgan fingerprint density at radius 2 is 2.05 bits per heavy atom. The van der Waals surface area contributed by atoms with E-state index in [0.717, 1.165) is 10.7 Å². The number of nitrogens with one attached hydrogen (secondary N) is 1. The summed E-state index contributed by atoms with van der Waals surface area (Å²) in [5.41, 5.74) is 1.01. The molecule has 1 unspecified atom stereocenters. The molecule has 0 aliphatic rings. The van der Waals surface area contributed by atoms with Crippen molar-refractivity contribution in [3.05, 3.63) is 16.1 Å². The minimum Gasteiger partial charge on any atom is -0.396 e. The maximum atomic E-state index is 9.13. The topological polar surface area (TPSA) is 54.4 Å². The van der Waals surface area contributed by atoms with Crippen LogP contribution < -0.4 is 5.32 Å². The van der Waals surface area contributed by atoms with E-state index in [9.17, 15) is 0 Å². The van der Waals surface area contributed by atoms with Gasteiger partial charge in [-0.3, -0.25) is 0 Å². The van der Waals surface area contributed by atoms with E-state index in [1.54, 1.807) is 18.4 Å². The Morgan fingerprint density at radius 1 is 1.37 bits per heavy atom. The predicted molar refractivity (Wildman–Crippen MR) is 79.6 cm³/mol. The summed E-state index contributed by atoms with van der Waals surface area (Å²) in [6.45, 7) is 9.99. The van der Waals surface area contributed by atoms with Crippen LogP contribution >= 0.6 is 11.3 Å². The van der Waals surface area contributed by atoms with Crippen molar-refractivity contribution in [3.8, 4) is 0 Å². The minimum absolute atomic E-state index is 0.0929. The van der Waals surface area contributed by atoms with Crippen molar-refractivity contribution in [1.82, 2.24) is 10.3 Å². The molecule has 0 fully saturated rings. The molecule has 4 nitrogen and oxygen atoms in total. The SMILES string of the molecule is COCC(C)(CCO)NCc1nc(C(C)(C)C)cs1. The summed E-state index contributed by atoms with van der Waals surface area (Å²) in [5, 5.41) is 15.8. The van der Waals surface area contributed by atoms with Crippen LogP contribution in [0.5, 0.6) is 0 Å². The van der Waals surface area contributed by atoms with Crippen LogP contribution in [0.1, 0.15) is 44.8 Å². The van der Waals surface area contributed by atoms with Gasteiger partial charge in [-0.05, 0) is 13.3 Å². The second-order valence-electron chi connectivity index (χ2n) is 6.20. The zero-order valence-electron chi connectivity index (χ0n) is 12.6. The highest BCUT2D eigenvalue weighted by Crippen LogP contribution is 2.24. The number of aliphatic hydroxyl groups excluding tert-OH is 1. The van der Waals surface area contributed by atoms with Gasteiger partial charge in [0, 0.05) is 36.6 Å². The van der Waals surface area contributed by atoms with Gasteiger partial charge in [-0.2, -0.15) is 0 Å². The minimum atomic E-state index is -0.211. The van der Waals surface area contributed by atoms with Gasteiger partial charge >= 0.3 is 0 Å². The lowest BCUT2D eigenvalue weighted by Gasteiger charge is -2.29. The molecule has 0 amide bonds. The number of nitrogens with zero attached hydrogens (tertiary/aromatic N) is 1. The molecule has 0 bridgehead atoms. The van der Waals surface area contributed by atoms with Crippen molar-refractivity contribution in [1.29, 1.82) is 0 Å². The van der Waals surface area contributed by atoms with Gasteiger partial charge in [-0.1, -0.05) is 20.8 Å². The Hall–Kier alpha value is -0.490. The molecule has 1 aromatic heterocycles. The number of aliphatic hydroxyl groups is 1. The number of hydrogen-bond donors (Lipinski definition) is 2. The lowest BCUT2D eigenvalue weighted by Crippen LogP contribution is -2.46. The average molecular weight is 286 g/mol. The number of ether oxygens (including phenoxy) is 1. The Kier molecular flexibility index (Phi) is 5.92. The highest BCUT2D eigenvalue weighted by molar-refractivity contribution is 7.09. The molecular weight excluding hydrogens is 260 g/mol. The standard InChI is InChI=1S/C14H26N2O2S/c1-13(2,3)11-9-19-12(16-11)8-15-14(4,6-7-17)10-18-5/h9,15,17H,6-8,10H2,1-5H3. The van der Waals surface area contributed by atoms with Crippen molar-refractivity contribution < 1.29 is 9.84 Å². The summed E-state index contributed by atoms with van der Waals surface area (Å²) in [6, 6.07) is 0. The number of rotatable bonds is 7. The molecule has 0 saturated carbocycles. The zero-order valence-corrected chi connectivity index (χ0v) is 13.4. The molecule has 1 rings (SSSR count). The smallest absolute Gasteiger partial charge is 0.107 e. The van der Waals surface area contributed by atoms with Crippen molar-refractivity contribution in [3.63, 3.8) is 0 Å². The maximum absolute atomic E-state index is 9.13. The van der Waals surface area contributed by atoms with E-state index in [1.807, 2.05) is 0 Å². The lowest BCUT2D eigenvalue weighted by atomic mass is 9.93. The Balaban J connectivity index is 2.62. The van der Waals surface area contributed by atoms with E-state index in [-0.39, 0.29) is 17.6 Å². The number of aromatic nitrogens is 1. The van der Waals surface area contributed by atoms with Crippen LogP contribution in [0.2, 0.25) is 0 Å². The Bertz CT molecular complexity index is 379. The first-order valence-electron chi connectivity index (χ1n) is 6.60. The van der Waals surface area contributed by atoms with Crippen molar-refractivity contribution in [2.24, 2.45) is 0 Å². The fourth-order valence-corrected chi connectivity index (χ4v) is 2.76. The number of methoxy groups -OCH3 is 1. The van der Waals surface area contributed by atoms with Gasteiger partial charge in [-0.15, -0.1) is 11.3 Å². The first-order chi connectivity index (χ1) is 8.80. The van der Waals surface area contributed by atoms with Crippen molar-refractivity contribution in [2.45, 2.75) is 51.6 Å². The molecule has 110 valence electrons. The van der Waals surface area contributed by atoms with Gasteiger partial charge in [-0.25, -0.2) is 4.98 Å². The molecule has 0 aliphatic carbocycles. The average Bonchev–Trinajstić information content (AvgIpc) is 2.75. The predicted octanol–water partition coefficient (Wildman–Crippen LogP) is 2.32. The molecule has 0 aromatic carbocycles. The van der Waals surface area contributed by atoms with Crippen LogP contribution in [-0.4, -0.2) is 36.0 Å².